The third-order valence-corrected chi connectivity index (χ3v) is 28.7. The smallest absolute Gasteiger partial charge is 0.404 e. The standard InChI is InChI=1S/C51H97NO8Si3/c1-25-26-27-34(3)45(57-48(52)55)39(8)43(53)36(5)30-33(2)31-37(6)44(59-62(21,22)50(13,14)15)35(4)28-29-41(58-61(19,20)49(10,11)12)32-42-38(7)46(40(9)47(54)56-42)60-63(23,24)51(16,17)18/h25-29,31,34-46,53H,1,30,32H2,2-24H3,(H2,52,55)/b27-26-,29-28-,33-31-/t34-,35-,36-,37-,38-,39-,40+,41+,42-,43+,44-,45-,46-/m0/s1. The molecule has 0 unspecified atom stereocenters. The monoisotopic (exact) mass is 936 g/mol. The molecule has 0 saturated carbocycles. The fraction of sp³-hybridized carbons (Fsp3) is 0.804. The number of esters is 1. The van der Waals surface area contributed by atoms with Crippen molar-refractivity contribution in [3.8, 4) is 0 Å². The van der Waals surface area contributed by atoms with Gasteiger partial charge in [0.05, 0.1) is 30.3 Å². The zero-order valence-corrected chi connectivity index (χ0v) is 47.5. The maximum Gasteiger partial charge on any atom is 0.404 e. The number of aliphatic hydroxyl groups is 1. The van der Waals surface area contributed by atoms with Crippen LogP contribution in [-0.2, 0) is 27.5 Å². The highest BCUT2D eigenvalue weighted by atomic mass is 28.4. The molecular formula is C51H97NO8Si3. The summed E-state index contributed by atoms with van der Waals surface area (Å²) in [7, 11) is -6.67. The maximum absolute atomic E-state index is 13.5. The number of nitrogens with two attached hydrogens (primary N) is 1. The third-order valence-electron chi connectivity index (χ3n) is 15.2. The highest BCUT2D eigenvalue weighted by molar-refractivity contribution is 6.75. The Kier molecular flexibility index (Phi) is 21.9. The van der Waals surface area contributed by atoms with Gasteiger partial charge >= 0.3 is 12.1 Å². The Balaban J connectivity index is 3.64. The van der Waals surface area contributed by atoms with E-state index in [9.17, 15) is 14.7 Å². The molecule has 0 spiro atoms. The van der Waals surface area contributed by atoms with Gasteiger partial charge < -0.3 is 33.6 Å². The molecule has 0 aromatic heterocycles. The Morgan fingerprint density at radius 3 is 1.76 bits per heavy atom. The summed E-state index contributed by atoms with van der Waals surface area (Å²) in [5.41, 5.74) is 6.63. The molecule has 1 fully saturated rings. The van der Waals surface area contributed by atoms with Crippen LogP contribution in [0, 0.1) is 41.4 Å². The van der Waals surface area contributed by atoms with Crippen LogP contribution in [0.2, 0.25) is 54.4 Å². The molecule has 1 saturated heterocycles. The van der Waals surface area contributed by atoms with Crippen LogP contribution in [-0.4, -0.2) is 78.7 Å². The number of ether oxygens (including phenoxy) is 2. The van der Waals surface area contributed by atoms with Crippen molar-refractivity contribution in [3.05, 3.63) is 48.6 Å². The van der Waals surface area contributed by atoms with E-state index in [1.54, 1.807) is 6.08 Å². The molecule has 63 heavy (non-hydrogen) atoms. The van der Waals surface area contributed by atoms with E-state index in [1.807, 2.05) is 39.8 Å². The minimum absolute atomic E-state index is 0.00140. The van der Waals surface area contributed by atoms with Crippen LogP contribution in [0.3, 0.4) is 0 Å². The van der Waals surface area contributed by atoms with Crippen LogP contribution in [0.15, 0.2) is 48.6 Å². The zero-order chi connectivity index (χ0) is 49.4. The van der Waals surface area contributed by atoms with Crippen LogP contribution in [0.5, 0.6) is 0 Å². The molecular weight excluding hydrogens is 839 g/mol. The van der Waals surface area contributed by atoms with E-state index in [4.69, 9.17) is 28.5 Å². The maximum atomic E-state index is 13.5. The molecule has 0 aromatic carbocycles. The fourth-order valence-electron chi connectivity index (χ4n) is 7.87. The molecule has 1 heterocycles. The third kappa shape index (κ3) is 17.1. The van der Waals surface area contributed by atoms with E-state index in [1.165, 1.54) is 0 Å². The number of aliphatic hydroxyl groups excluding tert-OH is 1. The molecule has 0 aromatic rings. The Bertz CT molecular complexity index is 1570. The quantitative estimate of drug-likeness (QED) is 0.0476. The van der Waals surface area contributed by atoms with Crippen LogP contribution < -0.4 is 5.73 Å². The number of carbonyl (C=O) groups excluding carboxylic acids is 2. The first-order chi connectivity index (χ1) is 28.3. The Hall–Kier alpha value is -1.81. The molecule has 1 aliphatic rings. The van der Waals surface area contributed by atoms with Crippen molar-refractivity contribution in [2.45, 2.75) is 222 Å². The molecule has 0 aliphatic carbocycles. The topological polar surface area (TPSA) is 127 Å². The van der Waals surface area contributed by atoms with Gasteiger partial charge in [-0.05, 0) is 92.4 Å². The Morgan fingerprint density at radius 2 is 1.29 bits per heavy atom. The average Bonchev–Trinajstić information content (AvgIpc) is 3.12. The van der Waals surface area contributed by atoms with E-state index in [0.717, 1.165) is 5.57 Å². The number of cyclic esters (lactones) is 1. The lowest BCUT2D eigenvalue weighted by atomic mass is 9.81. The van der Waals surface area contributed by atoms with Crippen molar-refractivity contribution in [1.29, 1.82) is 0 Å². The summed E-state index contributed by atoms with van der Waals surface area (Å²) in [5.74, 6) is -1.13. The predicted octanol–water partition coefficient (Wildman–Crippen LogP) is 13.4. The van der Waals surface area contributed by atoms with Crippen molar-refractivity contribution in [2.75, 3.05) is 0 Å². The first kappa shape index (κ1) is 59.2. The average molecular weight is 937 g/mol. The molecule has 366 valence electrons. The Morgan fingerprint density at radius 1 is 0.794 bits per heavy atom. The highest BCUT2D eigenvalue weighted by Gasteiger charge is 2.49. The zero-order valence-electron chi connectivity index (χ0n) is 44.5. The van der Waals surface area contributed by atoms with Crippen molar-refractivity contribution in [2.24, 2.45) is 47.2 Å². The van der Waals surface area contributed by atoms with E-state index < -0.39 is 43.3 Å². The molecule has 13 atom stereocenters. The van der Waals surface area contributed by atoms with Gasteiger partial charge in [0.2, 0.25) is 0 Å². The number of carbonyl (C=O) groups is 2. The van der Waals surface area contributed by atoms with Gasteiger partial charge in [-0.25, -0.2) is 4.79 Å². The summed E-state index contributed by atoms with van der Waals surface area (Å²) in [4.78, 5) is 25.4. The van der Waals surface area contributed by atoms with Crippen molar-refractivity contribution in [3.63, 3.8) is 0 Å². The molecule has 3 N–H and O–H groups in total. The van der Waals surface area contributed by atoms with Crippen molar-refractivity contribution < 1.29 is 37.4 Å². The second-order valence-corrected chi connectivity index (χ2v) is 38.3. The molecule has 1 amide bonds. The minimum Gasteiger partial charge on any atom is -0.462 e. The SMILES string of the molecule is C=C/C=C\[C@H](C)[C@H](OC(N)=O)[C@@H](C)[C@H](O)[C@@H](C)C/C(C)=C\[C@H](C)[C@@H](O[Si](C)(C)C(C)(C)C)[C@@H](C)/C=C\[C@H](C[C@@H]1OC(=O)[C@H](C)[C@@H](O[Si](C)(C)C(C)(C)C)[C@H]1C)O[Si](C)(C)C(C)(C)C. The van der Waals surface area contributed by atoms with Gasteiger partial charge in [-0.2, -0.15) is 0 Å². The van der Waals surface area contributed by atoms with Crippen LogP contribution in [0.25, 0.3) is 0 Å². The number of rotatable bonds is 22. The van der Waals surface area contributed by atoms with Gasteiger partial charge in [-0.3, -0.25) is 4.79 Å². The Labute approximate surface area is 390 Å². The lowest BCUT2D eigenvalue weighted by Gasteiger charge is -2.47. The minimum atomic E-state index is -2.26. The molecule has 9 nitrogen and oxygen atoms in total. The molecule has 1 rings (SSSR count). The van der Waals surface area contributed by atoms with Crippen LogP contribution in [0.1, 0.15) is 131 Å². The summed E-state index contributed by atoms with van der Waals surface area (Å²) in [6.45, 7) is 54.3. The summed E-state index contributed by atoms with van der Waals surface area (Å²) >= 11 is 0. The van der Waals surface area contributed by atoms with E-state index >= 15 is 0 Å². The van der Waals surface area contributed by atoms with E-state index in [0.29, 0.717) is 12.8 Å². The first-order valence-electron chi connectivity index (χ1n) is 23.8. The second kappa shape index (κ2) is 23.3. The summed E-state index contributed by atoms with van der Waals surface area (Å²) < 4.78 is 33.3. The van der Waals surface area contributed by atoms with Gasteiger partial charge in [-0.15, -0.1) is 0 Å². The summed E-state index contributed by atoms with van der Waals surface area (Å²) in [6, 6.07) is 0. The largest absolute Gasteiger partial charge is 0.462 e. The lowest BCUT2D eigenvalue weighted by molar-refractivity contribution is -0.177. The number of amides is 1. The fourth-order valence-corrected chi connectivity index (χ4v) is 12.1. The molecule has 0 bridgehead atoms. The second-order valence-electron chi connectivity index (χ2n) is 24.0. The van der Waals surface area contributed by atoms with Gasteiger partial charge in [0.15, 0.2) is 25.0 Å². The lowest BCUT2D eigenvalue weighted by Crippen LogP contribution is -2.55. The molecule has 1 aliphatic heterocycles. The molecule has 0 radical (unpaired) electrons. The predicted molar refractivity (Wildman–Crippen MR) is 272 cm³/mol. The summed E-state index contributed by atoms with van der Waals surface area (Å²) in [6.07, 6.45) is 10.2. The number of primary amides is 1. The normalized spacial score (nSPS) is 24.6. The highest BCUT2D eigenvalue weighted by Crippen LogP contribution is 2.44. The van der Waals surface area contributed by atoms with Gasteiger partial charge in [0.25, 0.3) is 0 Å². The van der Waals surface area contributed by atoms with Gasteiger partial charge in [-0.1, -0.05) is 152 Å². The first-order valence-corrected chi connectivity index (χ1v) is 32.6. The van der Waals surface area contributed by atoms with Crippen molar-refractivity contribution >= 4 is 37.0 Å². The van der Waals surface area contributed by atoms with E-state index in [2.05, 4.69) is 154 Å². The molecule has 12 heteroatoms. The summed E-state index contributed by atoms with van der Waals surface area (Å²) in [5, 5.41) is 11.6. The van der Waals surface area contributed by atoms with Crippen LogP contribution in [0.4, 0.5) is 4.79 Å². The van der Waals surface area contributed by atoms with Gasteiger partial charge in [0.1, 0.15) is 12.2 Å². The van der Waals surface area contributed by atoms with E-state index in [-0.39, 0.29) is 86.9 Å². The van der Waals surface area contributed by atoms with Crippen LogP contribution >= 0.6 is 0 Å². The number of hydrogen-bond donors (Lipinski definition) is 2. The number of allylic oxidation sites excluding steroid dienone is 3. The van der Waals surface area contributed by atoms with Crippen molar-refractivity contribution in [1.82, 2.24) is 0 Å². The van der Waals surface area contributed by atoms with Gasteiger partial charge in [0, 0.05) is 24.2 Å². The number of hydrogen-bond acceptors (Lipinski definition) is 8.